The van der Waals surface area contributed by atoms with Crippen molar-refractivity contribution in [3.05, 3.63) is 51.9 Å². The van der Waals surface area contributed by atoms with Gasteiger partial charge >= 0.3 is 5.97 Å². The normalized spacial score (nSPS) is 13.4. The van der Waals surface area contributed by atoms with Crippen LogP contribution in [-0.4, -0.2) is 23.6 Å². The van der Waals surface area contributed by atoms with Crippen molar-refractivity contribution < 1.29 is 19.4 Å². The molecule has 0 aliphatic heterocycles. The van der Waals surface area contributed by atoms with E-state index in [2.05, 4.69) is 12.2 Å². The lowest BCUT2D eigenvalue weighted by molar-refractivity contribution is -0.111. The van der Waals surface area contributed by atoms with E-state index in [1.165, 1.54) is 17.4 Å². The summed E-state index contributed by atoms with van der Waals surface area (Å²) >= 11 is 1.39. The van der Waals surface area contributed by atoms with Crippen LogP contribution in [0.25, 0.3) is 6.08 Å². The van der Waals surface area contributed by atoms with Crippen molar-refractivity contribution in [1.82, 2.24) is 0 Å². The molecule has 27 heavy (non-hydrogen) atoms. The predicted octanol–water partition coefficient (Wildman–Crippen LogP) is 4.77. The number of aromatic carboxylic acids is 1. The van der Waals surface area contributed by atoms with Gasteiger partial charge < -0.3 is 15.2 Å². The Hall–Kier alpha value is -2.60. The minimum Gasteiger partial charge on any atom is -0.494 e. The number of carboxylic acid groups (broad SMARTS) is 1. The van der Waals surface area contributed by atoms with Crippen LogP contribution < -0.4 is 10.1 Å². The molecule has 1 aromatic heterocycles. The zero-order valence-corrected chi connectivity index (χ0v) is 16.1. The predicted molar refractivity (Wildman–Crippen MR) is 108 cm³/mol. The van der Waals surface area contributed by atoms with Crippen LogP contribution in [0.1, 0.15) is 52.5 Å². The zero-order chi connectivity index (χ0) is 19.2. The van der Waals surface area contributed by atoms with Crippen molar-refractivity contribution in [2.45, 2.75) is 39.0 Å². The first kappa shape index (κ1) is 19.2. The largest absolute Gasteiger partial charge is 0.494 e. The highest BCUT2D eigenvalue weighted by Gasteiger charge is 2.25. The number of hydrogen-bond donors (Lipinski definition) is 2. The lowest BCUT2D eigenvalue weighted by Crippen LogP contribution is -2.11. The number of aryl methyl sites for hydroxylation is 1. The van der Waals surface area contributed by atoms with Crippen molar-refractivity contribution in [2.75, 3.05) is 11.9 Å². The Labute approximate surface area is 162 Å². The second-order valence-electron chi connectivity index (χ2n) is 6.46. The van der Waals surface area contributed by atoms with E-state index in [4.69, 9.17) is 4.74 Å². The van der Waals surface area contributed by atoms with Crippen molar-refractivity contribution in [2.24, 2.45) is 0 Å². The molecule has 0 unspecified atom stereocenters. The van der Waals surface area contributed by atoms with Crippen LogP contribution >= 0.6 is 11.3 Å². The number of nitrogens with one attached hydrogen (secondary N) is 1. The topological polar surface area (TPSA) is 75.6 Å². The molecular formula is C21H23NO4S. The smallest absolute Gasteiger partial charge is 0.339 e. The van der Waals surface area contributed by atoms with Crippen molar-refractivity contribution in [3.63, 3.8) is 0 Å². The number of anilines is 1. The zero-order valence-electron chi connectivity index (χ0n) is 15.3. The molecule has 0 saturated heterocycles. The summed E-state index contributed by atoms with van der Waals surface area (Å²) < 4.78 is 5.53. The fourth-order valence-corrected chi connectivity index (χ4v) is 4.39. The van der Waals surface area contributed by atoms with E-state index < -0.39 is 5.97 Å². The van der Waals surface area contributed by atoms with Crippen LogP contribution in [0.2, 0.25) is 0 Å². The molecule has 1 amide bonds. The summed E-state index contributed by atoms with van der Waals surface area (Å²) in [5.74, 6) is -0.507. The van der Waals surface area contributed by atoms with Gasteiger partial charge in [-0.25, -0.2) is 4.79 Å². The Bertz CT molecular complexity index is 852. The summed E-state index contributed by atoms with van der Waals surface area (Å²) in [7, 11) is 0. The van der Waals surface area contributed by atoms with Gasteiger partial charge in [-0.3, -0.25) is 4.79 Å². The van der Waals surface area contributed by atoms with Crippen LogP contribution in [0.5, 0.6) is 5.75 Å². The minimum absolute atomic E-state index is 0.258. The van der Waals surface area contributed by atoms with Crippen molar-refractivity contribution in [1.29, 1.82) is 0 Å². The molecule has 2 N–H and O–H groups in total. The minimum atomic E-state index is -0.976. The van der Waals surface area contributed by atoms with Crippen LogP contribution in [0.3, 0.4) is 0 Å². The van der Waals surface area contributed by atoms with E-state index >= 15 is 0 Å². The van der Waals surface area contributed by atoms with Gasteiger partial charge in [0.2, 0.25) is 5.91 Å². The first-order valence-corrected chi connectivity index (χ1v) is 10.00. The number of ether oxygens (including phenoxy) is 1. The molecule has 142 valence electrons. The van der Waals surface area contributed by atoms with Crippen LogP contribution in [0.4, 0.5) is 5.00 Å². The number of carbonyl (C=O) groups is 2. The van der Waals surface area contributed by atoms with E-state index in [0.717, 1.165) is 53.9 Å². The van der Waals surface area contributed by atoms with Gasteiger partial charge in [-0.05, 0) is 61.4 Å². The van der Waals surface area contributed by atoms with Gasteiger partial charge in [-0.2, -0.15) is 0 Å². The number of rotatable bonds is 7. The van der Waals surface area contributed by atoms with Gasteiger partial charge in [0, 0.05) is 11.0 Å². The number of benzene rings is 1. The third-order valence-corrected chi connectivity index (χ3v) is 5.61. The molecule has 1 aliphatic carbocycles. The molecule has 0 spiro atoms. The second kappa shape index (κ2) is 8.86. The number of amides is 1. The average molecular weight is 385 g/mol. The summed E-state index contributed by atoms with van der Waals surface area (Å²) in [6.45, 7) is 2.73. The Balaban J connectivity index is 1.68. The number of carboxylic acids is 1. The summed E-state index contributed by atoms with van der Waals surface area (Å²) in [6.07, 6.45) is 7.79. The molecule has 0 atom stereocenters. The first-order valence-electron chi connectivity index (χ1n) is 9.18. The highest BCUT2D eigenvalue weighted by Crippen LogP contribution is 2.38. The molecule has 5 nitrogen and oxygen atoms in total. The summed E-state index contributed by atoms with van der Waals surface area (Å²) in [5.41, 5.74) is 2.02. The molecule has 0 saturated carbocycles. The third-order valence-electron chi connectivity index (χ3n) is 4.40. The van der Waals surface area contributed by atoms with E-state index in [1.807, 2.05) is 24.3 Å². The Morgan fingerprint density at radius 3 is 2.67 bits per heavy atom. The van der Waals surface area contributed by atoms with Gasteiger partial charge in [-0.15, -0.1) is 11.3 Å². The SMILES string of the molecule is CCCOc1ccc(/C=C/C(=O)Nc2sc3c(c2C(=O)O)CCCC3)cc1. The van der Waals surface area contributed by atoms with E-state index in [-0.39, 0.29) is 11.5 Å². The molecule has 2 aromatic rings. The molecule has 0 bridgehead atoms. The van der Waals surface area contributed by atoms with Crippen molar-refractivity contribution >= 4 is 34.3 Å². The maximum absolute atomic E-state index is 12.3. The number of thiophene rings is 1. The molecule has 1 aliphatic rings. The summed E-state index contributed by atoms with van der Waals surface area (Å²) in [4.78, 5) is 25.0. The third kappa shape index (κ3) is 4.77. The first-order chi connectivity index (χ1) is 13.1. The fraction of sp³-hybridized carbons (Fsp3) is 0.333. The van der Waals surface area contributed by atoms with Crippen LogP contribution in [0, 0.1) is 0 Å². The highest BCUT2D eigenvalue weighted by atomic mass is 32.1. The Morgan fingerprint density at radius 2 is 1.96 bits per heavy atom. The number of hydrogen-bond acceptors (Lipinski definition) is 4. The molecule has 6 heteroatoms. The molecule has 0 fully saturated rings. The standard InChI is InChI=1S/C21H23NO4S/c1-2-13-26-15-10-7-14(8-11-15)9-12-18(23)22-20-19(21(24)25)16-5-3-4-6-17(16)27-20/h7-12H,2-6,13H2,1H3,(H,22,23)(H,24,25)/b12-9+. The maximum Gasteiger partial charge on any atom is 0.339 e. The van der Waals surface area contributed by atoms with E-state index in [0.29, 0.717) is 11.6 Å². The highest BCUT2D eigenvalue weighted by molar-refractivity contribution is 7.17. The van der Waals surface area contributed by atoms with Crippen LogP contribution in [0.15, 0.2) is 30.3 Å². The van der Waals surface area contributed by atoms with Crippen molar-refractivity contribution in [3.8, 4) is 5.75 Å². The van der Waals surface area contributed by atoms with Gasteiger partial charge in [0.1, 0.15) is 10.8 Å². The lowest BCUT2D eigenvalue weighted by atomic mass is 9.95. The summed E-state index contributed by atoms with van der Waals surface area (Å²) in [6, 6.07) is 7.48. The van der Waals surface area contributed by atoms with E-state index in [1.54, 1.807) is 6.08 Å². The van der Waals surface area contributed by atoms with Gasteiger partial charge in [-0.1, -0.05) is 19.1 Å². The lowest BCUT2D eigenvalue weighted by Gasteiger charge is -2.10. The Kier molecular flexibility index (Phi) is 6.29. The molecule has 0 radical (unpaired) electrons. The molecule has 1 aromatic carbocycles. The quantitative estimate of drug-likeness (QED) is 0.674. The number of fused-ring (bicyclic) bond motifs is 1. The second-order valence-corrected chi connectivity index (χ2v) is 7.57. The van der Waals surface area contributed by atoms with Gasteiger partial charge in [0.05, 0.1) is 12.2 Å². The van der Waals surface area contributed by atoms with E-state index in [9.17, 15) is 14.7 Å². The Morgan fingerprint density at radius 1 is 1.22 bits per heavy atom. The molecule has 3 rings (SSSR count). The monoisotopic (exact) mass is 385 g/mol. The number of carbonyl (C=O) groups excluding carboxylic acids is 1. The van der Waals surface area contributed by atoms with Gasteiger partial charge in [0.25, 0.3) is 0 Å². The van der Waals surface area contributed by atoms with Crippen LogP contribution in [-0.2, 0) is 17.6 Å². The molecular weight excluding hydrogens is 362 g/mol. The molecule has 1 heterocycles. The fourth-order valence-electron chi connectivity index (χ4n) is 3.10. The average Bonchev–Trinajstić information content (AvgIpc) is 3.03. The van der Waals surface area contributed by atoms with Gasteiger partial charge in [0.15, 0.2) is 0 Å². The maximum atomic E-state index is 12.3. The summed E-state index contributed by atoms with van der Waals surface area (Å²) in [5, 5.41) is 12.7.